The highest BCUT2D eigenvalue weighted by atomic mass is 16.5. The summed E-state index contributed by atoms with van der Waals surface area (Å²) in [5.41, 5.74) is 2.37. The Labute approximate surface area is 150 Å². The number of carbonyl (C=O) groups excluding carboxylic acids is 1. The molecule has 0 saturated carbocycles. The highest BCUT2D eigenvalue weighted by Crippen LogP contribution is 2.13. The Hall–Kier alpha value is -3.23. The summed E-state index contributed by atoms with van der Waals surface area (Å²) in [6, 6.07) is 3.82. The molecule has 26 heavy (non-hydrogen) atoms. The van der Waals surface area contributed by atoms with Gasteiger partial charge in [-0.15, -0.1) is 0 Å². The van der Waals surface area contributed by atoms with Crippen LogP contribution in [-0.2, 0) is 0 Å². The summed E-state index contributed by atoms with van der Waals surface area (Å²) in [6.45, 7) is 8.40. The second kappa shape index (κ2) is 7.34. The van der Waals surface area contributed by atoms with Crippen LogP contribution in [0.5, 0.6) is 0 Å². The van der Waals surface area contributed by atoms with Crippen LogP contribution in [0, 0.1) is 27.7 Å². The summed E-state index contributed by atoms with van der Waals surface area (Å²) < 4.78 is 6.67. The lowest BCUT2D eigenvalue weighted by atomic mass is 10.2. The van der Waals surface area contributed by atoms with Gasteiger partial charge in [0.2, 0.25) is 0 Å². The normalized spacial score (nSPS) is 10.8. The highest BCUT2D eigenvalue weighted by molar-refractivity contribution is 5.94. The van der Waals surface area contributed by atoms with Crippen molar-refractivity contribution in [3.8, 4) is 5.82 Å². The van der Waals surface area contributed by atoms with Crippen molar-refractivity contribution in [2.24, 2.45) is 0 Å². The van der Waals surface area contributed by atoms with Crippen LogP contribution in [0.1, 0.15) is 33.3 Å². The van der Waals surface area contributed by atoms with Gasteiger partial charge in [0.25, 0.3) is 5.91 Å². The summed E-state index contributed by atoms with van der Waals surface area (Å²) in [7, 11) is 0. The van der Waals surface area contributed by atoms with Gasteiger partial charge in [0, 0.05) is 24.8 Å². The second-order valence-corrected chi connectivity index (χ2v) is 5.98. The first-order valence-electron chi connectivity index (χ1n) is 8.26. The molecule has 0 radical (unpaired) electrons. The average molecular weight is 355 g/mol. The SMILES string of the molecule is Cc1cc(C)n(-c2cc(NCCNC(=O)c3cnoc3C)nc(C)n2)n1. The second-order valence-electron chi connectivity index (χ2n) is 5.98. The lowest BCUT2D eigenvalue weighted by Gasteiger charge is -2.10. The lowest BCUT2D eigenvalue weighted by Crippen LogP contribution is -2.29. The molecule has 0 spiro atoms. The van der Waals surface area contributed by atoms with Crippen molar-refractivity contribution in [1.82, 2.24) is 30.2 Å². The van der Waals surface area contributed by atoms with Gasteiger partial charge in [-0.2, -0.15) is 5.10 Å². The van der Waals surface area contributed by atoms with Gasteiger partial charge in [-0.3, -0.25) is 4.79 Å². The Morgan fingerprint density at radius 2 is 1.96 bits per heavy atom. The molecule has 0 aromatic carbocycles. The van der Waals surface area contributed by atoms with Crippen molar-refractivity contribution >= 4 is 11.7 Å². The molecule has 0 aliphatic heterocycles. The fourth-order valence-electron chi connectivity index (χ4n) is 2.59. The molecular formula is C17H21N7O2. The molecule has 0 saturated heterocycles. The molecule has 0 fully saturated rings. The van der Waals surface area contributed by atoms with Gasteiger partial charge in [0.05, 0.1) is 11.9 Å². The fraction of sp³-hybridized carbons (Fsp3) is 0.353. The molecule has 3 aromatic heterocycles. The molecular weight excluding hydrogens is 334 g/mol. The molecule has 136 valence electrons. The maximum absolute atomic E-state index is 12.0. The number of carbonyl (C=O) groups is 1. The van der Waals surface area contributed by atoms with Gasteiger partial charge in [-0.1, -0.05) is 5.16 Å². The number of nitrogens with one attached hydrogen (secondary N) is 2. The number of aryl methyl sites for hydroxylation is 4. The number of rotatable bonds is 6. The molecule has 3 heterocycles. The minimum absolute atomic E-state index is 0.215. The van der Waals surface area contributed by atoms with E-state index in [1.165, 1.54) is 6.20 Å². The Balaban J connectivity index is 1.61. The Morgan fingerprint density at radius 1 is 1.15 bits per heavy atom. The third kappa shape index (κ3) is 3.88. The van der Waals surface area contributed by atoms with Crippen LogP contribution in [-0.4, -0.2) is 43.9 Å². The van der Waals surface area contributed by atoms with Crippen molar-refractivity contribution < 1.29 is 9.32 Å². The molecule has 0 aliphatic rings. The predicted molar refractivity (Wildman–Crippen MR) is 95.4 cm³/mol. The van der Waals surface area contributed by atoms with Crippen LogP contribution in [0.25, 0.3) is 5.82 Å². The maximum Gasteiger partial charge on any atom is 0.256 e. The Bertz CT molecular complexity index is 929. The molecule has 0 aliphatic carbocycles. The van der Waals surface area contributed by atoms with Gasteiger partial charge in [0.15, 0.2) is 5.82 Å². The number of hydrogen-bond acceptors (Lipinski definition) is 7. The Morgan fingerprint density at radius 3 is 2.62 bits per heavy atom. The van der Waals surface area contributed by atoms with E-state index in [0.29, 0.717) is 41.9 Å². The smallest absolute Gasteiger partial charge is 0.256 e. The molecule has 3 rings (SSSR count). The van der Waals surface area contributed by atoms with Crippen molar-refractivity contribution in [3.63, 3.8) is 0 Å². The first-order chi connectivity index (χ1) is 12.4. The zero-order valence-electron chi connectivity index (χ0n) is 15.2. The Kier molecular flexibility index (Phi) is 4.97. The third-order valence-corrected chi connectivity index (χ3v) is 3.76. The number of aromatic nitrogens is 5. The van der Waals surface area contributed by atoms with E-state index in [1.807, 2.05) is 32.9 Å². The first-order valence-corrected chi connectivity index (χ1v) is 8.26. The van der Waals surface area contributed by atoms with Crippen LogP contribution >= 0.6 is 0 Å². The molecule has 0 atom stereocenters. The van der Waals surface area contributed by atoms with E-state index in [4.69, 9.17) is 4.52 Å². The minimum atomic E-state index is -0.215. The predicted octanol–water partition coefficient (Wildman–Crippen LogP) is 1.73. The summed E-state index contributed by atoms with van der Waals surface area (Å²) in [4.78, 5) is 20.8. The van der Waals surface area contributed by atoms with Gasteiger partial charge < -0.3 is 15.2 Å². The fourth-order valence-corrected chi connectivity index (χ4v) is 2.59. The summed E-state index contributed by atoms with van der Waals surface area (Å²) >= 11 is 0. The summed E-state index contributed by atoms with van der Waals surface area (Å²) in [5.74, 6) is 2.30. The molecule has 2 N–H and O–H groups in total. The van der Waals surface area contributed by atoms with Gasteiger partial charge in [-0.05, 0) is 33.8 Å². The quantitative estimate of drug-likeness (QED) is 0.648. The van der Waals surface area contributed by atoms with Crippen LogP contribution in [0.4, 0.5) is 5.82 Å². The zero-order valence-corrected chi connectivity index (χ0v) is 15.2. The molecule has 9 heteroatoms. The summed E-state index contributed by atoms with van der Waals surface area (Å²) in [6.07, 6.45) is 1.41. The van der Waals surface area contributed by atoms with Crippen LogP contribution in [0.3, 0.4) is 0 Å². The number of hydrogen-bond donors (Lipinski definition) is 2. The van der Waals surface area contributed by atoms with Gasteiger partial charge in [-0.25, -0.2) is 14.6 Å². The molecule has 9 nitrogen and oxygen atoms in total. The van der Waals surface area contributed by atoms with E-state index in [9.17, 15) is 4.79 Å². The van der Waals surface area contributed by atoms with E-state index in [1.54, 1.807) is 11.6 Å². The third-order valence-electron chi connectivity index (χ3n) is 3.76. The zero-order chi connectivity index (χ0) is 18.7. The van der Waals surface area contributed by atoms with E-state index < -0.39 is 0 Å². The molecule has 1 amide bonds. The van der Waals surface area contributed by atoms with Crippen LogP contribution < -0.4 is 10.6 Å². The number of anilines is 1. The van der Waals surface area contributed by atoms with Gasteiger partial charge >= 0.3 is 0 Å². The number of nitrogens with zero attached hydrogens (tertiary/aromatic N) is 5. The highest BCUT2D eigenvalue weighted by Gasteiger charge is 2.12. The lowest BCUT2D eigenvalue weighted by molar-refractivity contribution is 0.0953. The maximum atomic E-state index is 12.0. The molecule has 0 unspecified atom stereocenters. The standard InChI is InChI=1S/C17H21N7O2/c1-10-7-11(2)24(23-10)16-8-15(21-13(4)22-16)18-5-6-19-17(25)14-9-20-26-12(14)3/h7-9H,5-6H2,1-4H3,(H,19,25)(H,18,21,22). The van der Waals surface area contributed by atoms with Crippen molar-refractivity contribution in [2.75, 3.05) is 18.4 Å². The van der Waals surface area contributed by atoms with Crippen molar-refractivity contribution in [2.45, 2.75) is 27.7 Å². The van der Waals surface area contributed by atoms with Crippen molar-refractivity contribution in [1.29, 1.82) is 0 Å². The topological polar surface area (TPSA) is 111 Å². The molecule has 3 aromatic rings. The molecule has 0 bridgehead atoms. The number of amides is 1. The van der Waals surface area contributed by atoms with E-state index >= 15 is 0 Å². The summed E-state index contributed by atoms with van der Waals surface area (Å²) in [5, 5.41) is 14.0. The first kappa shape index (κ1) is 17.6. The van der Waals surface area contributed by atoms with Crippen LogP contribution in [0.15, 0.2) is 22.9 Å². The van der Waals surface area contributed by atoms with Crippen molar-refractivity contribution in [3.05, 3.63) is 46.9 Å². The monoisotopic (exact) mass is 355 g/mol. The van der Waals surface area contributed by atoms with Crippen LogP contribution in [0.2, 0.25) is 0 Å². The van der Waals surface area contributed by atoms with E-state index in [-0.39, 0.29) is 5.91 Å². The van der Waals surface area contributed by atoms with E-state index in [2.05, 4.69) is 30.9 Å². The van der Waals surface area contributed by atoms with Gasteiger partial charge in [0.1, 0.15) is 23.0 Å². The minimum Gasteiger partial charge on any atom is -0.368 e. The average Bonchev–Trinajstić information content (AvgIpc) is 3.16. The van der Waals surface area contributed by atoms with E-state index in [0.717, 1.165) is 11.4 Å². The largest absolute Gasteiger partial charge is 0.368 e.